The molecule has 0 saturated heterocycles. The van der Waals surface area contributed by atoms with Crippen molar-refractivity contribution in [3.8, 4) is 5.75 Å². The van der Waals surface area contributed by atoms with E-state index in [0.29, 0.717) is 25.3 Å². The third kappa shape index (κ3) is 4.47. The maximum Gasteiger partial charge on any atom is 0.176 e. The van der Waals surface area contributed by atoms with E-state index < -0.39 is 0 Å². The lowest BCUT2D eigenvalue weighted by molar-refractivity contribution is 0.0919. The molecule has 0 atom stereocenters. The van der Waals surface area contributed by atoms with E-state index in [1.54, 1.807) is 24.3 Å². The molecule has 1 rings (SSSR count). The minimum atomic E-state index is 0.0633. The Labute approximate surface area is 108 Å². The fraction of sp³-hybridized carbons (Fsp3) is 0.500. The maximum absolute atomic E-state index is 12.0. The van der Waals surface area contributed by atoms with Crippen molar-refractivity contribution in [1.29, 1.82) is 0 Å². The number of carbonyl (C=O) groups excluding carboxylic acids is 1. The molecule has 0 aromatic heterocycles. The smallest absolute Gasteiger partial charge is 0.176 e. The summed E-state index contributed by atoms with van der Waals surface area (Å²) >= 11 is 0. The summed E-state index contributed by atoms with van der Waals surface area (Å²) < 4.78 is 5.33. The van der Waals surface area contributed by atoms with E-state index in [0.717, 1.165) is 12.3 Å². The molecule has 4 heteroatoms. The van der Waals surface area contributed by atoms with Crippen molar-refractivity contribution in [3.63, 3.8) is 0 Å². The predicted octanol–water partition coefficient (Wildman–Crippen LogP) is 1.58. The van der Waals surface area contributed by atoms with Gasteiger partial charge < -0.3 is 9.84 Å². The zero-order valence-corrected chi connectivity index (χ0v) is 11.1. The molecule has 0 radical (unpaired) electrons. The third-order valence-corrected chi connectivity index (χ3v) is 2.72. The summed E-state index contributed by atoms with van der Waals surface area (Å²) in [5.74, 6) is 0.838. The van der Waals surface area contributed by atoms with Crippen LogP contribution < -0.4 is 4.74 Å². The number of benzene rings is 1. The Kier molecular flexibility index (Phi) is 6.39. The van der Waals surface area contributed by atoms with Crippen molar-refractivity contribution in [2.24, 2.45) is 0 Å². The van der Waals surface area contributed by atoms with Gasteiger partial charge in [-0.2, -0.15) is 0 Å². The maximum atomic E-state index is 12.0. The molecule has 0 bridgehead atoms. The second kappa shape index (κ2) is 7.84. The van der Waals surface area contributed by atoms with Gasteiger partial charge in [0.05, 0.1) is 19.8 Å². The second-order valence-electron chi connectivity index (χ2n) is 3.97. The molecule has 0 amide bonds. The van der Waals surface area contributed by atoms with Crippen LogP contribution in [-0.4, -0.2) is 48.6 Å². The first kappa shape index (κ1) is 14.7. The molecule has 1 N–H and O–H groups in total. The number of nitrogens with zero attached hydrogens (tertiary/aromatic N) is 1. The Morgan fingerprint density at radius 2 is 1.94 bits per heavy atom. The van der Waals surface area contributed by atoms with Crippen LogP contribution in [-0.2, 0) is 0 Å². The van der Waals surface area contributed by atoms with Crippen molar-refractivity contribution < 1.29 is 14.6 Å². The highest BCUT2D eigenvalue weighted by Gasteiger charge is 2.10. The Balaban J connectivity index is 2.60. The fourth-order valence-electron chi connectivity index (χ4n) is 1.69. The number of aliphatic hydroxyl groups excluding tert-OH is 1. The Morgan fingerprint density at radius 1 is 1.28 bits per heavy atom. The molecule has 0 aliphatic heterocycles. The predicted molar refractivity (Wildman–Crippen MR) is 71.1 cm³/mol. The van der Waals surface area contributed by atoms with E-state index in [-0.39, 0.29) is 12.4 Å². The van der Waals surface area contributed by atoms with Gasteiger partial charge in [-0.3, -0.25) is 9.69 Å². The van der Waals surface area contributed by atoms with E-state index in [1.807, 2.05) is 18.7 Å². The molecule has 0 saturated carbocycles. The van der Waals surface area contributed by atoms with Crippen LogP contribution in [0.3, 0.4) is 0 Å². The molecule has 0 unspecified atom stereocenters. The molecular formula is C14H21NO3. The van der Waals surface area contributed by atoms with Gasteiger partial charge in [-0.05, 0) is 37.7 Å². The SMILES string of the molecule is CCOc1ccc(C(=O)CN(CC)CCO)cc1. The number of likely N-dealkylation sites (N-methyl/N-ethyl adjacent to an activating group) is 1. The van der Waals surface area contributed by atoms with Gasteiger partial charge in [-0.25, -0.2) is 0 Å². The average Bonchev–Trinajstić information content (AvgIpc) is 2.39. The third-order valence-electron chi connectivity index (χ3n) is 2.72. The summed E-state index contributed by atoms with van der Waals surface area (Å²) in [4.78, 5) is 13.9. The lowest BCUT2D eigenvalue weighted by atomic mass is 10.1. The zero-order chi connectivity index (χ0) is 13.4. The molecule has 0 spiro atoms. The van der Waals surface area contributed by atoms with Crippen molar-refractivity contribution in [2.75, 3.05) is 32.8 Å². The lowest BCUT2D eigenvalue weighted by Gasteiger charge is -2.17. The quantitative estimate of drug-likeness (QED) is 0.713. The molecule has 0 aliphatic rings. The number of ketones is 1. The molecule has 100 valence electrons. The van der Waals surface area contributed by atoms with Crippen LogP contribution in [0, 0.1) is 0 Å². The molecule has 4 nitrogen and oxygen atoms in total. The molecule has 18 heavy (non-hydrogen) atoms. The van der Waals surface area contributed by atoms with Gasteiger partial charge in [0.15, 0.2) is 5.78 Å². The molecule has 1 aromatic carbocycles. The van der Waals surface area contributed by atoms with E-state index in [1.165, 1.54) is 0 Å². The van der Waals surface area contributed by atoms with E-state index >= 15 is 0 Å². The Hall–Kier alpha value is -1.39. The van der Waals surface area contributed by atoms with Gasteiger partial charge in [0.2, 0.25) is 0 Å². The van der Waals surface area contributed by atoms with Crippen LogP contribution in [0.15, 0.2) is 24.3 Å². The normalized spacial score (nSPS) is 10.7. The summed E-state index contributed by atoms with van der Waals surface area (Å²) in [6.07, 6.45) is 0. The highest BCUT2D eigenvalue weighted by molar-refractivity contribution is 5.97. The van der Waals surface area contributed by atoms with Gasteiger partial charge >= 0.3 is 0 Å². The number of hydrogen-bond donors (Lipinski definition) is 1. The number of aliphatic hydroxyl groups is 1. The highest BCUT2D eigenvalue weighted by Crippen LogP contribution is 2.12. The molecule has 0 fully saturated rings. The monoisotopic (exact) mass is 251 g/mol. The Bertz CT molecular complexity index is 362. The van der Waals surface area contributed by atoms with Crippen LogP contribution >= 0.6 is 0 Å². The highest BCUT2D eigenvalue weighted by atomic mass is 16.5. The van der Waals surface area contributed by atoms with Crippen LogP contribution in [0.5, 0.6) is 5.75 Å². The van der Waals surface area contributed by atoms with Gasteiger partial charge in [0.1, 0.15) is 5.75 Å². The van der Waals surface area contributed by atoms with Crippen LogP contribution in [0.1, 0.15) is 24.2 Å². The number of Topliss-reactive ketones (excluding diaryl/α,β-unsaturated/α-hetero) is 1. The standard InChI is InChI=1S/C14H21NO3/c1-3-15(9-10-16)11-14(17)12-5-7-13(8-6-12)18-4-2/h5-8,16H,3-4,9-11H2,1-2H3. The molecular weight excluding hydrogens is 230 g/mol. The lowest BCUT2D eigenvalue weighted by Crippen LogP contribution is -2.32. The van der Waals surface area contributed by atoms with Gasteiger partial charge in [-0.1, -0.05) is 6.92 Å². The Morgan fingerprint density at radius 3 is 2.44 bits per heavy atom. The minimum Gasteiger partial charge on any atom is -0.494 e. The van der Waals surface area contributed by atoms with Crippen molar-refractivity contribution in [2.45, 2.75) is 13.8 Å². The summed E-state index contributed by atoms with van der Waals surface area (Å²) in [6.45, 7) is 6.21. The topological polar surface area (TPSA) is 49.8 Å². The van der Waals surface area contributed by atoms with E-state index in [9.17, 15) is 4.79 Å². The fourth-order valence-corrected chi connectivity index (χ4v) is 1.69. The number of hydrogen-bond acceptors (Lipinski definition) is 4. The number of ether oxygens (including phenoxy) is 1. The van der Waals surface area contributed by atoms with E-state index in [2.05, 4.69) is 0 Å². The summed E-state index contributed by atoms with van der Waals surface area (Å²) in [7, 11) is 0. The minimum absolute atomic E-state index is 0.0633. The summed E-state index contributed by atoms with van der Waals surface area (Å²) in [6, 6.07) is 7.17. The zero-order valence-electron chi connectivity index (χ0n) is 11.1. The van der Waals surface area contributed by atoms with Crippen molar-refractivity contribution in [3.05, 3.63) is 29.8 Å². The largest absolute Gasteiger partial charge is 0.494 e. The first-order chi connectivity index (χ1) is 8.71. The first-order valence-corrected chi connectivity index (χ1v) is 6.30. The van der Waals surface area contributed by atoms with Crippen LogP contribution in [0.4, 0.5) is 0 Å². The van der Waals surface area contributed by atoms with Crippen LogP contribution in [0.25, 0.3) is 0 Å². The van der Waals surface area contributed by atoms with Gasteiger partial charge in [0, 0.05) is 12.1 Å². The summed E-state index contributed by atoms with van der Waals surface area (Å²) in [5.41, 5.74) is 0.676. The summed E-state index contributed by atoms with van der Waals surface area (Å²) in [5, 5.41) is 8.88. The second-order valence-corrected chi connectivity index (χ2v) is 3.97. The number of rotatable bonds is 8. The van der Waals surface area contributed by atoms with Crippen molar-refractivity contribution in [1.82, 2.24) is 4.90 Å². The average molecular weight is 251 g/mol. The number of carbonyl (C=O) groups is 1. The van der Waals surface area contributed by atoms with E-state index in [4.69, 9.17) is 9.84 Å². The van der Waals surface area contributed by atoms with Crippen LogP contribution in [0.2, 0.25) is 0 Å². The molecule has 0 aliphatic carbocycles. The molecule has 0 heterocycles. The van der Waals surface area contributed by atoms with Gasteiger partial charge in [-0.15, -0.1) is 0 Å². The van der Waals surface area contributed by atoms with Gasteiger partial charge in [0.25, 0.3) is 0 Å². The van der Waals surface area contributed by atoms with Crippen molar-refractivity contribution >= 4 is 5.78 Å². The molecule has 1 aromatic rings. The first-order valence-electron chi connectivity index (χ1n) is 6.30.